The van der Waals surface area contributed by atoms with Crippen molar-refractivity contribution < 1.29 is 18.3 Å². The van der Waals surface area contributed by atoms with Crippen molar-refractivity contribution in [2.24, 2.45) is 5.73 Å². The number of hydrogen-bond acceptors (Lipinski definition) is 5. The van der Waals surface area contributed by atoms with Crippen molar-refractivity contribution in [3.8, 4) is 0 Å². The molecule has 0 rings (SSSR count). The van der Waals surface area contributed by atoms with Gasteiger partial charge in [-0.05, 0) is 18.0 Å². The van der Waals surface area contributed by atoms with Gasteiger partial charge in [0.1, 0.15) is 0 Å². The quantitative estimate of drug-likeness (QED) is 0.416. The highest BCUT2D eigenvalue weighted by molar-refractivity contribution is 7.79. The number of carbonyl (C=O) groups excluding carboxylic acids is 1. The van der Waals surface area contributed by atoms with Gasteiger partial charge in [-0.25, -0.2) is 0 Å². The van der Waals surface area contributed by atoms with E-state index >= 15 is 0 Å². The van der Waals surface area contributed by atoms with Gasteiger partial charge in [-0.1, -0.05) is 0 Å². The molecule has 5 nitrogen and oxygen atoms in total. The van der Waals surface area contributed by atoms with Crippen molar-refractivity contribution >= 4 is 17.0 Å². The molecule has 2 N–H and O–H groups in total. The summed E-state index contributed by atoms with van der Waals surface area (Å²) in [4.78, 5) is 10.3. The third-order valence-electron chi connectivity index (χ3n) is 0.735. The van der Waals surface area contributed by atoms with E-state index in [9.17, 15) is 13.6 Å². The normalized spacial score (nSPS) is 15.9. The highest BCUT2D eigenvalue weighted by Crippen LogP contribution is 1.93. The average molecular weight is 166 g/mol. The molecule has 0 heterocycles. The van der Waals surface area contributed by atoms with Crippen LogP contribution in [-0.2, 0) is 20.6 Å². The first kappa shape index (κ1) is 9.54. The molecule has 6 heteroatoms. The minimum absolute atomic E-state index is 0.304. The van der Waals surface area contributed by atoms with Crippen molar-refractivity contribution in [3.05, 3.63) is 0 Å². The molecule has 0 fully saturated rings. The molecule has 60 valence electrons. The van der Waals surface area contributed by atoms with Crippen molar-refractivity contribution in [2.45, 2.75) is 12.4 Å². The first-order valence-electron chi connectivity index (χ1n) is 2.55. The molecule has 2 unspecified atom stereocenters. The van der Waals surface area contributed by atoms with Gasteiger partial charge in [-0.2, -0.15) is 0 Å². The van der Waals surface area contributed by atoms with Crippen molar-refractivity contribution in [1.82, 2.24) is 0 Å². The zero-order valence-corrected chi connectivity index (χ0v) is 6.22. The first-order valence-corrected chi connectivity index (χ1v) is 3.69. The second-order valence-electron chi connectivity index (χ2n) is 1.52. The van der Waals surface area contributed by atoms with Gasteiger partial charge >= 0.3 is 5.97 Å². The van der Waals surface area contributed by atoms with Crippen LogP contribution in [0.4, 0.5) is 0 Å². The van der Waals surface area contributed by atoms with Crippen LogP contribution in [-0.4, -0.2) is 26.7 Å². The molecule has 0 aromatic carbocycles. The molecule has 0 aromatic heterocycles. The van der Waals surface area contributed by atoms with Gasteiger partial charge in [0.2, 0.25) is 0 Å². The summed E-state index contributed by atoms with van der Waals surface area (Å²) in [6.07, 6.45) is 0. The highest BCUT2D eigenvalue weighted by atomic mass is 32.2. The van der Waals surface area contributed by atoms with E-state index in [-0.39, 0.29) is 6.54 Å². The standard InChI is InChI=1S/C4H9NO4S/c1-3(10(7)8)9-4(6)2-5/h3H,2,5H2,1H3,(H,7,8)/p-1. The predicted molar refractivity (Wildman–Crippen MR) is 33.5 cm³/mol. The molecule has 0 saturated heterocycles. The molecule has 10 heavy (non-hydrogen) atoms. The van der Waals surface area contributed by atoms with E-state index < -0.39 is 22.5 Å². The molecule has 0 saturated carbocycles. The SMILES string of the molecule is CC(OC(=O)CN)S(=O)[O-]. The Hall–Kier alpha value is -0.460. The molecule has 0 aliphatic heterocycles. The Balaban J connectivity index is 3.68. The summed E-state index contributed by atoms with van der Waals surface area (Å²) < 4.78 is 24.3. The zero-order chi connectivity index (χ0) is 8.15. The van der Waals surface area contributed by atoms with E-state index in [1.807, 2.05) is 0 Å². The van der Waals surface area contributed by atoms with E-state index in [0.29, 0.717) is 0 Å². The maximum atomic E-state index is 10.3. The lowest BCUT2D eigenvalue weighted by Crippen LogP contribution is -2.24. The molecule has 0 aliphatic rings. The maximum absolute atomic E-state index is 10.3. The van der Waals surface area contributed by atoms with Crippen LogP contribution in [0.3, 0.4) is 0 Å². The van der Waals surface area contributed by atoms with Gasteiger partial charge < -0.3 is 15.0 Å². The van der Waals surface area contributed by atoms with Crippen LogP contribution in [0.25, 0.3) is 0 Å². The summed E-state index contributed by atoms with van der Waals surface area (Å²) in [7, 11) is 0. The molecule has 0 radical (unpaired) electrons. The summed E-state index contributed by atoms with van der Waals surface area (Å²) in [5.41, 5.74) is 3.73. The van der Waals surface area contributed by atoms with Gasteiger partial charge in [-0.15, -0.1) is 0 Å². The zero-order valence-electron chi connectivity index (χ0n) is 5.40. The second-order valence-corrected chi connectivity index (χ2v) is 2.71. The summed E-state index contributed by atoms with van der Waals surface area (Å²) >= 11 is -2.38. The van der Waals surface area contributed by atoms with E-state index in [2.05, 4.69) is 4.74 Å². The second kappa shape index (κ2) is 4.37. The van der Waals surface area contributed by atoms with Crippen LogP contribution in [0.1, 0.15) is 6.92 Å². The van der Waals surface area contributed by atoms with Gasteiger partial charge in [0, 0.05) is 0 Å². The number of rotatable bonds is 3. The molecule has 0 aromatic rings. The largest absolute Gasteiger partial charge is 0.770 e. The fourth-order valence-electron chi connectivity index (χ4n) is 0.273. The smallest absolute Gasteiger partial charge is 0.320 e. The Morgan fingerprint density at radius 1 is 1.90 bits per heavy atom. The van der Waals surface area contributed by atoms with Gasteiger partial charge in [0.25, 0.3) is 0 Å². The summed E-state index contributed by atoms with van der Waals surface area (Å²) in [5.74, 6) is -0.725. The molecular weight excluding hydrogens is 158 g/mol. The van der Waals surface area contributed by atoms with Crippen molar-refractivity contribution in [2.75, 3.05) is 6.54 Å². The molecule has 0 aliphatic carbocycles. The Kier molecular flexibility index (Phi) is 4.17. The van der Waals surface area contributed by atoms with E-state index in [4.69, 9.17) is 5.73 Å². The fraction of sp³-hybridized carbons (Fsp3) is 0.750. The summed E-state index contributed by atoms with van der Waals surface area (Å²) in [5, 5.41) is 0. The number of esters is 1. The van der Waals surface area contributed by atoms with E-state index in [0.717, 1.165) is 0 Å². The van der Waals surface area contributed by atoms with E-state index in [1.165, 1.54) is 6.92 Å². The molecule has 0 amide bonds. The van der Waals surface area contributed by atoms with Crippen LogP contribution in [0.5, 0.6) is 0 Å². The Morgan fingerprint density at radius 3 is 2.70 bits per heavy atom. The Labute approximate surface area is 60.8 Å². The highest BCUT2D eigenvalue weighted by Gasteiger charge is 2.06. The predicted octanol–water partition coefficient (Wildman–Crippen LogP) is -1.29. The monoisotopic (exact) mass is 166 g/mol. The molecule has 2 atom stereocenters. The summed E-state index contributed by atoms with van der Waals surface area (Å²) in [6.45, 7) is 0.943. The topological polar surface area (TPSA) is 92.5 Å². The number of nitrogens with two attached hydrogens (primary N) is 1. The Bertz CT molecular complexity index is 148. The lowest BCUT2D eigenvalue weighted by atomic mass is 10.7. The van der Waals surface area contributed by atoms with Crippen LogP contribution < -0.4 is 5.73 Å². The molecular formula is C4H8NO4S-. The summed E-state index contributed by atoms with van der Waals surface area (Å²) in [6, 6.07) is 0. The number of carbonyl (C=O) groups is 1. The minimum Gasteiger partial charge on any atom is -0.770 e. The van der Waals surface area contributed by atoms with Crippen molar-refractivity contribution in [3.63, 3.8) is 0 Å². The van der Waals surface area contributed by atoms with Crippen LogP contribution in [0.15, 0.2) is 0 Å². The van der Waals surface area contributed by atoms with Gasteiger partial charge in [0.15, 0.2) is 5.44 Å². The number of hydrogen-bond donors (Lipinski definition) is 1. The van der Waals surface area contributed by atoms with Gasteiger partial charge in [0.05, 0.1) is 6.54 Å². The fourth-order valence-corrected chi connectivity index (χ4v) is 0.458. The third kappa shape index (κ3) is 3.54. The van der Waals surface area contributed by atoms with Crippen LogP contribution in [0.2, 0.25) is 0 Å². The lowest BCUT2D eigenvalue weighted by Gasteiger charge is -2.14. The average Bonchev–Trinajstić information content (AvgIpc) is 1.87. The molecule has 0 bridgehead atoms. The minimum atomic E-state index is -2.38. The van der Waals surface area contributed by atoms with Crippen LogP contribution in [0, 0.1) is 0 Å². The van der Waals surface area contributed by atoms with Crippen molar-refractivity contribution in [1.29, 1.82) is 0 Å². The maximum Gasteiger partial charge on any atom is 0.320 e. The Morgan fingerprint density at radius 2 is 2.40 bits per heavy atom. The first-order chi connectivity index (χ1) is 4.57. The van der Waals surface area contributed by atoms with Crippen LogP contribution >= 0.6 is 0 Å². The van der Waals surface area contributed by atoms with E-state index in [1.54, 1.807) is 0 Å². The van der Waals surface area contributed by atoms with Gasteiger partial charge in [-0.3, -0.25) is 9.00 Å². The lowest BCUT2D eigenvalue weighted by molar-refractivity contribution is -0.143. The third-order valence-corrected chi connectivity index (χ3v) is 1.37. The number of ether oxygens (including phenoxy) is 1. The molecule has 0 spiro atoms.